The number of nitriles is 1. The number of hydrogen-bond donors (Lipinski definition) is 0. The third-order valence-electron chi connectivity index (χ3n) is 1.28. The molecule has 0 aliphatic rings. The number of aromatic nitrogens is 1. The maximum absolute atomic E-state index is 12.2. The molecule has 2 nitrogen and oxygen atoms in total. The molecule has 0 amide bonds. The first-order valence-corrected chi connectivity index (χ1v) is 4.97. The van der Waals surface area contributed by atoms with Gasteiger partial charge in [0.05, 0.1) is 5.56 Å². The predicted molar refractivity (Wildman–Crippen MR) is 54.3 cm³/mol. The van der Waals surface area contributed by atoms with Gasteiger partial charge in [0.15, 0.2) is 0 Å². The normalized spacial score (nSPS) is 10.2. The molecule has 6 heteroatoms. The summed E-state index contributed by atoms with van der Waals surface area (Å²) in [5.74, 6) is 0. The fraction of sp³-hybridized carbons (Fsp3) is 0.143. The fourth-order valence-electron chi connectivity index (χ4n) is 0.713. The van der Waals surface area contributed by atoms with E-state index in [-0.39, 0.29) is 15.9 Å². The number of alkyl halides is 2. The van der Waals surface area contributed by atoms with E-state index in [9.17, 15) is 8.78 Å². The van der Waals surface area contributed by atoms with Crippen molar-refractivity contribution in [3.63, 3.8) is 0 Å². The van der Waals surface area contributed by atoms with Crippen molar-refractivity contribution in [1.82, 2.24) is 4.98 Å². The van der Waals surface area contributed by atoms with Gasteiger partial charge in [0.25, 0.3) is 6.43 Å². The van der Waals surface area contributed by atoms with Gasteiger partial charge in [0, 0.05) is 3.57 Å². The van der Waals surface area contributed by atoms with E-state index in [1.807, 2.05) is 28.7 Å². The molecule has 1 aromatic rings. The van der Waals surface area contributed by atoms with Gasteiger partial charge in [-0.15, -0.1) is 0 Å². The molecule has 0 aliphatic heterocycles. The Morgan fingerprint density at radius 2 is 2.23 bits per heavy atom. The Kier molecular flexibility index (Phi) is 3.55. The standard InChI is InChI=1S/C7H2BrF2IN2/c8-6-3(2-12)4(11)1-5(13-6)7(9)10/h1,7H. The van der Waals surface area contributed by atoms with E-state index in [0.29, 0.717) is 3.57 Å². The molecule has 13 heavy (non-hydrogen) atoms. The van der Waals surface area contributed by atoms with E-state index < -0.39 is 6.43 Å². The summed E-state index contributed by atoms with van der Waals surface area (Å²) in [5.41, 5.74) is -0.0414. The van der Waals surface area contributed by atoms with Gasteiger partial charge in [0.1, 0.15) is 16.4 Å². The van der Waals surface area contributed by atoms with Gasteiger partial charge < -0.3 is 0 Å². The first kappa shape index (κ1) is 10.8. The van der Waals surface area contributed by atoms with Crippen LogP contribution in [0.5, 0.6) is 0 Å². The highest BCUT2D eigenvalue weighted by Crippen LogP contribution is 2.25. The smallest absolute Gasteiger partial charge is 0.238 e. The van der Waals surface area contributed by atoms with Crippen molar-refractivity contribution in [2.45, 2.75) is 6.43 Å². The van der Waals surface area contributed by atoms with Crippen LogP contribution in [0.15, 0.2) is 10.7 Å². The Morgan fingerprint density at radius 1 is 1.62 bits per heavy atom. The Morgan fingerprint density at radius 3 is 2.62 bits per heavy atom. The van der Waals surface area contributed by atoms with Crippen LogP contribution in [0.25, 0.3) is 0 Å². The van der Waals surface area contributed by atoms with Crippen LogP contribution in [0.4, 0.5) is 8.78 Å². The molecule has 0 atom stereocenters. The van der Waals surface area contributed by atoms with Gasteiger partial charge in [0.2, 0.25) is 0 Å². The summed E-state index contributed by atoms with van der Waals surface area (Å²) in [5, 5.41) is 8.62. The highest BCUT2D eigenvalue weighted by molar-refractivity contribution is 14.1. The molecule has 0 saturated carbocycles. The van der Waals surface area contributed by atoms with E-state index >= 15 is 0 Å². The molecule has 0 aromatic carbocycles. The number of nitrogens with zero attached hydrogens (tertiary/aromatic N) is 2. The van der Waals surface area contributed by atoms with Gasteiger partial charge in [-0.3, -0.25) is 0 Å². The molecular weight excluding hydrogens is 357 g/mol. The molecule has 1 heterocycles. The van der Waals surface area contributed by atoms with Gasteiger partial charge >= 0.3 is 0 Å². The summed E-state index contributed by atoms with van der Waals surface area (Å²) < 4.78 is 25.0. The lowest BCUT2D eigenvalue weighted by molar-refractivity contribution is 0.146. The molecule has 68 valence electrons. The first-order valence-electron chi connectivity index (χ1n) is 3.10. The molecule has 0 saturated heterocycles. The molecular formula is C7H2BrF2IN2. The largest absolute Gasteiger partial charge is 0.280 e. The quantitative estimate of drug-likeness (QED) is 0.570. The van der Waals surface area contributed by atoms with Crippen LogP contribution >= 0.6 is 38.5 Å². The second-order valence-corrected chi connectivity index (χ2v) is 4.02. The van der Waals surface area contributed by atoms with Gasteiger partial charge in [-0.1, -0.05) is 0 Å². The molecule has 1 aromatic heterocycles. The van der Waals surface area contributed by atoms with Crippen LogP contribution in [0.3, 0.4) is 0 Å². The first-order chi connectivity index (χ1) is 6.06. The summed E-state index contributed by atoms with van der Waals surface area (Å²) in [6, 6.07) is 3.07. The Balaban J connectivity index is 3.30. The average molecular weight is 359 g/mol. The van der Waals surface area contributed by atoms with E-state index in [4.69, 9.17) is 5.26 Å². The number of halogens is 4. The molecule has 0 unspecified atom stereocenters. The lowest BCUT2D eigenvalue weighted by Crippen LogP contribution is -1.95. The predicted octanol–water partition coefficient (Wildman–Crippen LogP) is 3.26. The summed E-state index contributed by atoms with van der Waals surface area (Å²) in [4.78, 5) is 3.54. The van der Waals surface area contributed by atoms with Crippen molar-refractivity contribution in [2.24, 2.45) is 0 Å². The number of pyridine rings is 1. The van der Waals surface area contributed by atoms with Crippen LogP contribution in [0.2, 0.25) is 0 Å². The van der Waals surface area contributed by atoms with Crippen LogP contribution in [-0.2, 0) is 0 Å². The number of hydrogen-bond acceptors (Lipinski definition) is 2. The zero-order chi connectivity index (χ0) is 10.0. The third kappa shape index (κ3) is 2.34. The van der Waals surface area contributed by atoms with Crippen molar-refractivity contribution < 1.29 is 8.78 Å². The minimum atomic E-state index is -2.61. The Labute approximate surface area is 95.2 Å². The second-order valence-electron chi connectivity index (χ2n) is 2.11. The monoisotopic (exact) mass is 358 g/mol. The van der Waals surface area contributed by atoms with E-state index in [1.165, 1.54) is 6.07 Å². The van der Waals surface area contributed by atoms with Crippen LogP contribution in [0, 0.1) is 14.9 Å². The van der Waals surface area contributed by atoms with Crippen molar-refractivity contribution in [1.29, 1.82) is 5.26 Å². The minimum Gasteiger partial charge on any atom is -0.238 e. The summed E-state index contributed by atoms with van der Waals surface area (Å²) in [6.07, 6.45) is -2.61. The van der Waals surface area contributed by atoms with Crippen LogP contribution in [-0.4, -0.2) is 4.98 Å². The zero-order valence-electron chi connectivity index (χ0n) is 6.06. The maximum atomic E-state index is 12.2. The Bertz CT molecular complexity index is 352. The van der Waals surface area contributed by atoms with Gasteiger partial charge in [-0.25, -0.2) is 13.8 Å². The maximum Gasteiger partial charge on any atom is 0.280 e. The molecule has 0 spiro atoms. The fourth-order valence-corrected chi connectivity index (χ4v) is 2.29. The zero-order valence-corrected chi connectivity index (χ0v) is 9.80. The van der Waals surface area contributed by atoms with E-state index in [1.54, 1.807) is 0 Å². The average Bonchev–Trinajstić information content (AvgIpc) is 2.03. The van der Waals surface area contributed by atoms with Crippen molar-refractivity contribution in [3.8, 4) is 6.07 Å². The second kappa shape index (κ2) is 4.28. The molecule has 0 radical (unpaired) electrons. The summed E-state index contributed by atoms with van der Waals surface area (Å²) in [7, 11) is 0. The summed E-state index contributed by atoms with van der Waals surface area (Å²) in [6.45, 7) is 0. The molecule has 0 fully saturated rings. The molecule has 0 bridgehead atoms. The Hall–Kier alpha value is -0.290. The summed E-state index contributed by atoms with van der Waals surface area (Å²) >= 11 is 4.77. The van der Waals surface area contributed by atoms with Crippen molar-refractivity contribution in [2.75, 3.05) is 0 Å². The lowest BCUT2D eigenvalue weighted by Gasteiger charge is -2.02. The lowest BCUT2D eigenvalue weighted by atomic mass is 10.3. The van der Waals surface area contributed by atoms with Crippen molar-refractivity contribution >= 4 is 38.5 Å². The minimum absolute atomic E-state index is 0.164. The van der Waals surface area contributed by atoms with Gasteiger partial charge in [-0.05, 0) is 44.6 Å². The van der Waals surface area contributed by atoms with Gasteiger partial charge in [-0.2, -0.15) is 5.26 Å². The van der Waals surface area contributed by atoms with E-state index in [0.717, 1.165) is 0 Å². The highest BCUT2D eigenvalue weighted by atomic mass is 127. The molecule has 0 N–H and O–H groups in total. The van der Waals surface area contributed by atoms with Crippen LogP contribution < -0.4 is 0 Å². The number of rotatable bonds is 1. The highest BCUT2D eigenvalue weighted by Gasteiger charge is 2.14. The SMILES string of the molecule is N#Cc1c(I)cc(C(F)F)nc1Br. The molecule has 0 aliphatic carbocycles. The van der Waals surface area contributed by atoms with Crippen LogP contribution in [0.1, 0.15) is 17.7 Å². The molecule has 1 rings (SSSR count). The topological polar surface area (TPSA) is 36.7 Å². The third-order valence-corrected chi connectivity index (χ3v) is 2.71. The van der Waals surface area contributed by atoms with E-state index in [2.05, 4.69) is 20.9 Å². The van der Waals surface area contributed by atoms with Crippen molar-refractivity contribution in [3.05, 3.63) is 25.5 Å².